The monoisotopic (exact) mass is 364 g/mol. The van der Waals surface area contributed by atoms with E-state index in [1.54, 1.807) is 0 Å². The zero-order valence-corrected chi connectivity index (χ0v) is 16.0. The highest BCUT2D eigenvalue weighted by molar-refractivity contribution is 6.30. The van der Waals surface area contributed by atoms with Gasteiger partial charge in [-0.25, -0.2) is 4.99 Å². The summed E-state index contributed by atoms with van der Waals surface area (Å²) in [5.41, 5.74) is 1.06. The van der Waals surface area contributed by atoms with Crippen LogP contribution < -0.4 is 10.6 Å². The summed E-state index contributed by atoms with van der Waals surface area (Å²) < 4.78 is 0. The Hall–Kier alpha value is -1.75. The lowest BCUT2D eigenvalue weighted by atomic mass is 10.0. The van der Waals surface area contributed by atoms with Crippen molar-refractivity contribution in [1.82, 2.24) is 15.5 Å². The largest absolute Gasteiger partial charge is 0.357 e. The molecule has 138 valence electrons. The van der Waals surface area contributed by atoms with Crippen molar-refractivity contribution in [3.05, 3.63) is 34.9 Å². The van der Waals surface area contributed by atoms with Gasteiger partial charge in [-0.3, -0.25) is 4.79 Å². The molecule has 0 radical (unpaired) electrons. The number of halogens is 1. The van der Waals surface area contributed by atoms with Gasteiger partial charge in [-0.15, -0.1) is 0 Å². The second-order valence-electron chi connectivity index (χ2n) is 6.43. The van der Waals surface area contributed by atoms with E-state index in [4.69, 9.17) is 11.6 Å². The molecule has 1 aromatic rings. The first-order chi connectivity index (χ1) is 12.1. The van der Waals surface area contributed by atoms with E-state index in [1.165, 1.54) is 6.42 Å². The normalized spacial score (nSPS) is 18.1. The summed E-state index contributed by atoms with van der Waals surface area (Å²) in [5.74, 6) is 0.951. The number of carbonyl (C=O) groups excluding carboxylic acids is 1. The lowest BCUT2D eigenvalue weighted by Gasteiger charge is -2.33. The van der Waals surface area contributed by atoms with Crippen molar-refractivity contribution in [2.75, 3.05) is 19.6 Å². The summed E-state index contributed by atoms with van der Waals surface area (Å²) in [5, 5.41) is 7.17. The van der Waals surface area contributed by atoms with Gasteiger partial charge < -0.3 is 15.5 Å². The summed E-state index contributed by atoms with van der Waals surface area (Å²) in [7, 11) is 0. The third-order valence-corrected chi connectivity index (χ3v) is 4.64. The molecule has 1 aliphatic rings. The smallest absolute Gasteiger partial charge is 0.224 e. The van der Waals surface area contributed by atoms with Crippen molar-refractivity contribution in [3.63, 3.8) is 0 Å². The Balaban J connectivity index is 1.82. The minimum Gasteiger partial charge on any atom is -0.357 e. The lowest BCUT2D eigenvalue weighted by molar-refractivity contribution is -0.134. The number of carbonyl (C=O) groups is 1. The van der Waals surface area contributed by atoms with E-state index in [0.29, 0.717) is 30.6 Å². The summed E-state index contributed by atoms with van der Waals surface area (Å²) in [6.45, 7) is 6.97. The number of piperidine rings is 1. The molecular weight excluding hydrogens is 336 g/mol. The Bertz CT molecular complexity index is 591. The molecule has 1 fully saturated rings. The van der Waals surface area contributed by atoms with Crippen LogP contribution in [-0.4, -0.2) is 42.4 Å². The SMILES string of the molecule is CCNC(=NCc1cccc(Cl)c1)NCCC(=O)N1CCCCC1C. The molecule has 6 heteroatoms. The van der Waals surface area contributed by atoms with Crippen LogP contribution in [0.3, 0.4) is 0 Å². The molecule has 0 bridgehead atoms. The highest BCUT2D eigenvalue weighted by atomic mass is 35.5. The van der Waals surface area contributed by atoms with Gasteiger partial charge in [0.15, 0.2) is 5.96 Å². The summed E-state index contributed by atoms with van der Waals surface area (Å²) >= 11 is 6.00. The van der Waals surface area contributed by atoms with Crippen molar-refractivity contribution in [1.29, 1.82) is 0 Å². The summed E-state index contributed by atoms with van der Waals surface area (Å²) in [6, 6.07) is 8.05. The Kier molecular flexibility index (Phi) is 8.06. The predicted molar refractivity (Wildman–Crippen MR) is 104 cm³/mol. The molecule has 1 saturated heterocycles. The molecule has 1 unspecified atom stereocenters. The van der Waals surface area contributed by atoms with Gasteiger partial charge >= 0.3 is 0 Å². The number of rotatable bonds is 6. The quantitative estimate of drug-likeness (QED) is 0.602. The molecule has 0 aliphatic carbocycles. The van der Waals surface area contributed by atoms with Crippen LogP contribution in [-0.2, 0) is 11.3 Å². The van der Waals surface area contributed by atoms with Crippen LogP contribution >= 0.6 is 11.6 Å². The molecule has 0 aromatic heterocycles. The van der Waals surface area contributed by atoms with Crippen LogP contribution in [0.1, 0.15) is 45.1 Å². The van der Waals surface area contributed by atoms with E-state index in [9.17, 15) is 4.79 Å². The summed E-state index contributed by atoms with van der Waals surface area (Å²) in [6.07, 6.45) is 3.95. The standard InChI is InChI=1S/C19H29ClN4O/c1-3-21-19(23-14-16-8-6-9-17(20)13-16)22-11-10-18(25)24-12-5-4-7-15(24)2/h6,8-9,13,15H,3-5,7,10-12,14H2,1-2H3,(H2,21,22,23). The molecule has 5 nitrogen and oxygen atoms in total. The Morgan fingerprint density at radius 3 is 2.92 bits per heavy atom. The van der Waals surface area contributed by atoms with Gasteiger partial charge in [-0.1, -0.05) is 23.7 Å². The van der Waals surface area contributed by atoms with E-state index in [-0.39, 0.29) is 5.91 Å². The fourth-order valence-corrected chi connectivity index (χ4v) is 3.26. The molecule has 0 spiro atoms. The molecule has 2 rings (SSSR count). The number of amides is 1. The number of aliphatic imine (C=N–C) groups is 1. The van der Waals surface area contributed by atoms with E-state index in [1.807, 2.05) is 36.1 Å². The number of guanidine groups is 1. The maximum absolute atomic E-state index is 12.4. The topological polar surface area (TPSA) is 56.7 Å². The zero-order valence-electron chi connectivity index (χ0n) is 15.2. The predicted octanol–water partition coefficient (Wildman–Crippen LogP) is 3.19. The van der Waals surface area contributed by atoms with Crippen LogP contribution in [0.2, 0.25) is 5.02 Å². The molecule has 1 heterocycles. The van der Waals surface area contributed by atoms with E-state index < -0.39 is 0 Å². The fourth-order valence-electron chi connectivity index (χ4n) is 3.05. The third kappa shape index (κ3) is 6.58. The van der Waals surface area contributed by atoms with Crippen molar-refractivity contribution in [2.24, 2.45) is 4.99 Å². The average Bonchev–Trinajstić information content (AvgIpc) is 2.60. The number of hydrogen-bond acceptors (Lipinski definition) is 2. The number of hydrogen-bond donors (Lipinski definition) is 2. The number of benzene rings is 1. The maximum atomic E-state index is 12.4. The third-order valence-electron chi connectivity index (χ3n) is 4.41. The fraction of sp³-hybridized carbons (Fsp3) is 0.579. The first kappa shape index (κ1) is 19.6. The van der Waals surface area contributed by atoms with Gasteiger partial charge in [0.25, 0.3) is 0 Å². The molecule has 0 saturated carbocycles. The van der Waals surface area contributed by atoms with Crippen molar-refractivity contribution >= 4 is 23.5 Å². The van der Waals surface area contributed by atoms with Crippen LogP contribution in [0.25, 0.3) is 0 Å². The van der Waals surface area contributed by atoms with Gasteiger partial charge in [-0.05, 0) is 50.8 Å². The minimum absolute atomic E-state index is 0.227. The molecule has 1 amide bonds. The number of nitrogens with one attached hydrogen (secondary N) is 2. The van der Waals surface area contributed by atoms with Gasteiger partial charge in [0.2, 0.25) is 5.91 Å². The van der Waals surface area contributed by atoms with Gasteiger partial charge in [-0.2, -0.15) is 0 Å². The van der Waals surface area contributed by atoms with Crippen LogP contribution in [0.15, 0.2) is 29.3 Å². The van der Waals surface area contributed by atoms with Crippen LogP contribution in [0.5, 0.6) is 0 Å². The highest BCUT2D eigenvalue weighted by Crippen LogP contribution is 2.17. The second kappa shape index (κ2) is 10.3. The second-order valence-corrected chi connectivity index (χ2v) is 6.87. The summed E-state index contributed by atoms with van der Waals surface area (Å²) in [4.78, 5) is 19.0. The van der Waals surface area contributed by atoms with E-state index in [0.717, 1.165) is 37.5 Å². The highest BCUT2D eigenvalue weighted by Gasteiger charge is 2.22. The van der Waals surface area contributed by atoms with Crippen molar-refractivity contribution in [3.8, 4) is 0 Å². The Morgan fingerprint density at radius 1 is 1.36 bits per heavy atom. The lowest BCUT2D eigenvalue weighted by Crippen LogP contribution is -2.44. The Morgan fingerprint density at radius 2 is 2.20 bits per heavy atom. The van der Waals surface area contributed by atoms with Crippen LogP contribution in [0.4, 0.5) is 0 Å². The molecule has 1 atom stereocenters. The van der Waals surface area contributed by atoms with Crippen molar-refractivity contribution in [2.45, 2.75) is 52.1 Å². The van der Waals surface area contributed by atoms with E-state index >= 15 is 0 Å². The Labute approximate surface area is 155 Å². The average molecular weight is 365 g/mol. The first-order valence-electron chi connectivity index (χ1n) is 9.16. The maximum Gasteiger partial charge on any atom is 0.224 e. The van der Waals surface area contributed by atoms with Gasteiger partial charge in [0, 0.05) is 37.1 Å². The minimum atomic E-state index is 0.227. The first-order valence-corrected chi connectivity index (χ1v) is 9.54. The molecular formula is C19H29ClN4O. The van der Waals surface area contributed by atoms with Crippen molar-refractivity contribution < 1.29 is 4.79 Å². The van der Waals surface area contributed by atoms with E-state index in [2.05, 4.69) is 22.5 Å². The molecule has 25 heavy (non-hydrogen) atoms. The van der Waals surface area contributed by atoms with Gasteiger partial charge in [0.05, 0.1) is 6.54 Å². The zero-order chi connectivity index (χ0) is 18.1. The van der Waals surface area contributed by atoms with Crippen LogP contribution in [0, 0.1) is 0 Å². The number of nitrogens with zero attached hydrogens (tertiary/aromatic N) is 2. The number of likely N-dealkylation sites (tertiary alicyclic amines) is 1. The van der Waals surface area contributed by atoms with Gasteiger partial charge in [0.1, 0.15) is 0 Å². The molecule has 2 N–H and O–H groups in total. The molecule has 1 aliphatic heterocycles. The molecule has 1 aromatic carbocycles.